The largest absolute Gasteiger partial charge is 0.496 e. The minimum absolute atomic E-state index is 0.157. The van der Waals surface area contributed by atoms with Gasteiger partial charge in [-0.3, -0.25) is 4.79 Å². The number of methoxy groups -OCH3 is 1. The third-order valence-corrected chi connectivity index (χ3v) is 3.76. The van der Waals surface area contributed by atoms with Crippen molar-refractivity contribution in [2.24, 2.45) is 0 Å². The number of para-hydroxylation sites is 1. The number of hydrogen-bond acceptors (Lipinski definition) is 3. The summed E-state index contributed by atoms with van der Waals surface area (Å²) in [6.07, 6.45) is 5.31. The molecule has 1 aromatic rings. The maximum atomic E-state index is 11.8. The van der Waals surface area contributed by atoms with Crippen LogP contribution in [0.5, 0.6) is 5.75 Å². The first-order chi connectivity index (χ1) is 9.79. The van der Waals surface area contributed by atoms with Crippen LogP contribution in [0.15, 0.2) is 24.3 Å². The molecule has 0 aromatic heterocycles. The molecule has 0 saturated heterocycles. The van der Waals surface area contributed by atoms with Crippen LogP contribution in [0.25, 0.3) is 0 Å². The highest BCUT2D eigenvalue weighted by Crippen LogP contribution is 2.18. The van der Waals surface area contributed by atoms with Gasteiger partial charge in [-0.2, -0.15) is 0 Å². The molecular formula is C16H24N2O2. The molecule has 1 aliphatic carbocycles. The van der Waals surface area contributed by atoms with Crippen molar-refractivity contribution in [3.63, 3.8) is 0 Å². The van der Waals surface area contributed by atoms with Crippen LogP contribution in [0.2, 0.25) is 0 Å². The second-order valence-corrected chi connectivity index (χ2v) is 5.29. The summed E-state index contributed by atoms with van der Waals surface area (Å²) in [4.78, 5) is 11.8. The Kier molecular flexibility index (Phi) is 5.87. The lowest BCUT2D eigenvalue weighted by atomic mass is 10.2. The number of amides is 1. The van der Waals surface area contributed by atoms with E-state index in [2.05, 4.69) is 10.6 Å². The molecule has 1 aromatic carbocycles. The van der Waals surface area contributed by atoms with E-state index in [0.29, 0.717) is 19.0 Å². The zero-order chi connectivity index (χ0) is 14.2. The van der Waals surface area contributed by atoms with Gasteiger partial charge in [0.2, 0.25) is 5.91 Å². The highest BCUT2D eigenvalue weighted by molar-refractivity contribution is 5.76. The molecule has 0 aliphatic heterocycles. The van der Waals surface area contributed by atoms with Crippen LogP contribution in [0.1, 0.15) is 37.7 Å². The van der Waals surface area contributed by atoms with E-state index in [1.165, 1.54) is 12.8 Å². The van der Waals surface area contributed by atoms with Crippen LogP contribution in [0, 0.1) is 0 Å². The fraction of sp³-hybridized carbons (Fsp3) is 0.562. The number of ether oxygens (including phenoxy) is 1. The molecule has 0 atom stereocenters. The average Bonchev–Trinajstić information content (AvgIpc) is 2.97. The third kappa shape index (κ3) is 4.53. The summed E-state index contributed by atoms with van der Waals surface area (Å²) >= 11 is 0. The van der Waals surface area contributed by atoms with Crippen molar-refractivity contribution in [1.82, 2.24) is 10.6 Å². The summed E-state index contributed by atoms with van der Waals surface area (Å²) in [5.74, 6) is 1.04. The van der Waals surface area contributed by atoms with Crippen LogP contribution in [-0.2, 0) is 11.3 Å². The standard InChI is InChI=1S/C16H24N2O2/c1-20-15-9-5-2-6-13(15)12-17-11-10-16(19)18-14-7-3-4-8-14/h2,5-6,9,14,17H,3-4,7-8,10-12H2,1H3,(H,18,19). The first kappa shape index (κ1) is 14.9. The van der Waals surface area contributed by atoms with E-state index in [-0.39, 0.29) is 5.91 Å². The molecule has 20 heavy (non-hydrogen) atoms. The molecule has 0 spiro atoms. The molecule has 110 valence electrons. The summed E-state index contributed by atoms with van der Waals surface area (Å²) in [6, 6.07) is 8.34. The highest BCUT2D eigenvalue weighted by atomic mass is 16.5. The van der Waals surface area contributed by atoms with E-state index < -0.39 is 0 Å². The minimum atomic E-state index is 0.157. The SMILES string of the molecule is COc1ccccc1CNCCC(=O)NC1CCCC1. The molecule has 0 heterocycles. The number of carbonyl (C=O) groups is 1. The number of hydrogen-bond donors (Lipinski definition) is 2. The van der Waals surface area contributed by atoms with Gasteiger partial charge in [-0.1, -0.05) is 31.0 Å². The van der Waals surface area contributed by atoms with Crippen LogP contribution in [-0.4, -0.2) is 25.6 Å². The molecule has 0 unspecified atom stereocenters. The fourth-order valence-corrected chi connectivity index (χ4v) is 2.64. The van der Waals surface area contributed by atoms with E-state index in [1.807, 2.05) is 24.3 Å². The van der Waals surface area contributed by atoms with Gasteiger partial charge < -0.3 is 15.4 Å². The third-order valence-electron chi connectivity index (χ3n) is 3.76. The summed E-state index contributed by atoms with van der Waals surface area (Å²) in [5.41, 5.74) is 1.12. The monoisotopic (exact) mass is 276 g/mol. The normalized spacial score (nSPS) is 15.2. The van der Waals surface area contributed by atoms with Crippen LogP contribution in [0.4, 0.5) is 0 Å². The summed E-state index contributed by atoms with van der Waals surface area (Å²) in [6.45, 7) is 1.41. The quantitative estimate of drug-likeness (QED) is 0.751. The Morgan fingerprint density at radius 1 is 1.30 bits per heavy atom. The first-order valence-corrected chi connectivity index (χ1v) is 7.41. The van der Waals surface area contributed by atoms with Crippen molar-refractivity contribution < 1.29 is 9.53 Å². The molecule has 0 bridgehead atoms. The molecule has 2 rings (SSSR count). The predicted molar refractivity (Wildman–Crippen MR) is 79.7 cm³/mol. The van der Waals surface area contributed by atoms with Crippen molar-refractivity contribution in [2.45, 2.75) is 44.7 Å². The molecule has 4 heteroatoms. The van der Waals surface area contributed by atoms with E-state index in [4.69, 9.17) is 4.74 Å². The van der Waals surface area contributed by atoms with Gasteiger partial charge in [0.05, 0.1) is 7.11 Å². The van der Waals surface area contributed by atoms with E-state index in [1.54, 1.807) is 7.11 Å². The molecule has 0 radical (unpaired) electrons. The average molecular weight is 276 g/mol. The maximum absolute atomic E-state index is 11.8. The van der Waals surface area contributed by atoms with Crippen molar-refractivity contribution in [1.29, 1.82) is 0 Å². The molecule has 1 aliphatic rings. The van der Waals surface area contributed by atoms with Gasteiger partial charge in [0, 0.05) is 31.1 Å². The molecule has 1 fully saturated rings. The van der Waals surface area contributed by atoms with Crippen molar-refractivity contribution in [2.75, 3.05) is 13.7 Å². The lowest BCUT2D eigenvalue weighted by Gasteiger charge is -2.12. The van der Waals surface area contributed by atoms with Gasteiger partial charge in [-0.25, -0.2) is 0 Å². The molecule has 1 saturated carbocycles. The minimum Gasteiger partial charge on any atom is -0.496 e. The van der Waals surface area contributed by atoms with E-state index in [0.717, 1.165) is 30.7 Å². The Balaban J connectivity index is 1.64. The smallest absolute Gasteiger partial charge is 0.221 e. The zero-order valence-electron chi connectivity index (χ0n) is 12.2. The topological polar surface area (TPSA) is 50.4 Å². The Morgan fingerprint density at radius 2 is 2.05 bits per heavy atom. The highest BCUT2D eigenvalue weighted by Gasteiger charge is 2.16. The van der Waals surface area contributed by atoms with Gasteiger partial charge in [-0.15, -0.1) is 0 Å². The molecule has 2 N–H and O–H groups in total. The summed E-state index contributed by atoms with van der Waals surface area (Å²) in [7, 11) is 1.67. The predicted octanol–water partition coefficient (Wildman–Crippen LogP) is 2.23. The van der Waals surface area contributed by atoms with Crippen molar-refractivity contribution >= 4 is 5.91 Å². The second-order valence-electron chi connectivity index (χ2n) is 5.29. The Morgan fingerprint density at radius 3 is 2.80 bits per heavy atom. The van der Waals surface area contributed by atoms with Crippen LogP contribution < -0.4 is 15.4 Å². The molecule has 1 amide bonds. The number of rotatable bonds is 7. The number of carbonyl (C=O) groups excluding carboxylic acids is 1. The number of benzene rings is 1. The lowest BCUT2D eigenvalue weighted by Crippen LogP contribution is -2.34. The molecular weight excluding hydrogens is 252 g/mol. The van der Waals surface area contributed by atoms with Gasteiger partial charge in [-0.05, 0) is 18.9 Å². The Hall–Kier alpha value is -1.55. The van der Waals surface area contributed by atoms with Crippen LogP contribution in [0.3, 0.4) is 0 Å². The fourth-order valence-electron chi connectivity index (χ4n) is 2.64. The van der Waals surface area contributed by atoms with E-state index >= 15 is 0 Å². The Labute approximate surface area is 120 Å². The van der Waals surface area contributed by atoms with Gasteiger partial charge in [0.1, 0.15) is 5.75 Å². The first-order valence-electron chi connectivity index (χ1n) is 7.41. The van der Waals surface area contributed by atoms with Gasteiger partial charge in [0.15, 0.2) is 0 Å². The number of nitrogens with one attached hydrogen (secondary N) is 2. The molecule has 4 nitrogen and oxygen atoms in total. The van der Waals surface area contributed by atoms with E-state index in [9.17, 15) is 4.79 Å². The maximum Gasteiger partial charge on any atom is 0.221 e. The van der Waals surface area contributed by atoms with Crippen LogP contribution >= 0.6 is 0 Å². The summed E-state index contributed by atoms with van der Waals surface area (Å²) < 4.78 is 5.29. The van der Waals surface area contributed by atoms with Gasteiger partial charge in [0.25, 0.3) is 0 Å². The van der Waals surface area contributed by atoms with Crippen molar-refractivity contribution in [3.8, 4) is 5.75 Å². The van der Waals surface area contributed by atoms with Crippen molar-refractivity contribution in [3.05, 3.63) is 29.8 Å². The zero-order valence-corrected chi connectivity index (χ0v) is 12.2. The Bertz CT molecular complexity index is 428. The second kappa shape index (κ2) is 7.90. The summed E-state index contributed by atoms with van der Waals surface area (Å²) in [5, 5.41) is 6.39. The van der Waals surface area contributed by atoms with Gasteiger partial charge >= 0.3 is 0 Å². The lowest BCUT2D eigenvalue weighted by molar-refractivity contribution is -0.121.